The number of aryl methyl sites for hydroxylation is 1. The van der Waals surface area contributed by atoms with E-state index in [1.165, 1.54) is 5.69 Å². The maximum atomic E-state index is 12.7. The highest BCUT2D eigenvalue weighted by atomic mass is 16.2. The summed E-state index contributed by atoms with van der Waals surface area (Å²) in [6.07, 6.45) is 7.83. The summed E-state index contributed by atoms with van der Waals surface area (Å²) in [6, 6.07) is 2.04. The Morgan fingerprint density at radius 3 is 2.68 bits per heavy atom. The lowest BCUT2D eigenvalue weighted by molar-refractivity contribution is 0.0766. The average Bonchev–Trinajstić information content (AvgIpc) is 2.88. The van der Waals surface area contributed by atoms with Crippen molar-refractivity contribution in [1.29, 1.82) is 0 Å². The van der Waals surface area contributed by atoms with Crippen molar-refractivity contribution in [2.45, 2.75) is 20.3 Å². The summed E-state index contributed by atoms with van der Waals surface area (Å²) in [6.45, 7) is 7.99. The Kier molecular flexibility index (Phi) is 5.42. The number of amides is 1. The van der Waals surface area contributed by atoms with Gasteiger partial charge < -0.3 is 15.1 Å². The molecular weight excluding hydrogens is 316 g/mol. The molecule has 3 rings (SSSR count). The van der Waals surface area contributed by atoms with E-state index in [1.807, 2.05) is 30.3 Å². The first kappa shape index (κ1) is 17.1. The lowest BCUT2D eigenvalue weighted by Crippen LogP contribution is -2.35. The number of hydrogen-bond donors (Lipinski definition) is 1. The molecule has 0 aromatic carbocycles. The average molecular weight is 340 g/mol. The zero-order valence-electron chi connectivity index (χ0n) is 14.8. The highest BCUT2D eigenvalue weighted by Crippen LogP contribution is 2.20. The van der Waals surface area contributed by atoms with Crippen LogP contribution in [0.2, 0.25) is 0 Å². The number of pyridine rings is 1. The van der Waals surface area contributed by atoms with E-state index in [1.54, 1.807) is 12.4 Å². The molecule has 1 fully saturated rings. The number of anilines is 2. The van der Waals surface area contributed by atoms with Crippen LogP contribution < -0.4 is 10.2 Å². The molecule has 0 aliphatic carbocycles. The van der Waals surface area contributed by atoms with Crippen LogP contribution in [0.25, 0.3) is 0 Å². The van der Waals surface area contributed by atoms with E-state index in [0.29, 0.717) is 18.1 Å². The van der Waals surface area contributed by atoms with Crippen LogP contribution in [0.15, 0.2) is 30.9 Å². The van der Waals surface area contributed by atoms with E-state index in [9.17, 15) is 4.79 Å². The Morgan fingerprint density at radius 1 is 1.16 bits per heavy atom. The second-order valence-electron chi connectivity index (χ2n) is 6.12. The number of nitrogens with zero attached hydrogens (tertiary/aromatic N) is 5. The van der Waals surface area contributed by atoms with Crippen LogP contribution in [0, 0.1) is 6.92 Å². The zero-order valence-corrected chi connectivity index (χ0v) is 14.8. The second-order valence-corrected chi connectivity index (χ2v) is 6.12. The number of carbonyl (C=O) groups excluding carboxylic acids is 1. The van der Waals surface area contributed by atoms with Crippen molar-refractivity contribution in [2.75, 3.05) is 42.9 Å². The lowest BCUT2D eigenvalue weighted by Gasteiger charge is -2.25. The number of nitrogens with one attached hydrogen (secondary N) is 1. The second kappa shape index (κ2) is 7.92. The molecule has 7 nitrogen and oxygen atoms in total. The summed E-state index contributed by atoms with van der Waals surface area (Å²) in [5.41, 5.74) is 2.90. The molecule has 1 amide bonds. The van der Waals surface area contributed by atoms with Gasteiger partial charge in [0.1, 0.15) is 0 Å². The molecule has 2 aromatic rings. The molecule has 7 heteroatoms. The fourth-order valence-electron chi connectivity index (χ4n) is 3.05. The quantitative estimate of drug-likeness (QED) is 0.917. The van der Waals surface area contributed by atoms with Crippen LogP contribution >= 0.6 is 0 Å². The van der Waals surface area contributed by atoms with Crippen molar-refractivity contribution in [3.05, 3.63) is 42.0 Å². The maximum Gasteiger partial charge on any atom is 0.257 e. The fourth-order valence-corrected chi connectivity index (χ4v) is 3.05. The molecule has 1 aliphatic heterocycles. The van der Waals surface area contributed by atoms with Gasteiger partial charge in [-0.05, 0) is 31.9 Å². The van der Waals surface area contributed by atoms with Crippen molar-refractivity contribution >= 4 is 17.5 Å². The third kappa shape index (κ3) is 4.04. The van der Waals surface area contributed by atoms with Crippen molar-refractivity contribution in [3.8, 4) is 0 Å². The van der Waals surface area contributed by atoms with Crippen molar-refractivity contribution in [1.82, 2.24) is 19.9 Å². The highest BCUT2D eigenvalue weighted by molar-refractivity contribution is 5.93. The van der Waals surface area contributed by atoms with Gasteiger partial charge in [0, 0.05) is 63.2 Å². The van der Waals surface area contributed by atoms with Gasteiger partial charge in [-0.3, -0.25) is 9.78 Å². The molecule has 0 radical (unpaired) electrons. The molecular formula is C18H24N6O. The van der Waals surface area contributed by atoms with Crippen molar-refractivity contribution in [2.24, 2.45) is 0 Å². The minimum absolute atomic E-state index is 0.00338. The van der Waals surface area contributed by atoms with Crippen LogP contribution in [0.3, 0.4) is 0 Å². The van der Waals surface area contributed by atoms with Crippen LogP contribution in [-0.4, -0.2) is 58.5 Å². The first-order chi connectivity index (χ1) is 12.2. The summed E-state index contributed by atoms with van der Waals surface area (Å²) in [7, 11) is 0. The zero-order chi connectivity index (χ0) is 17.6. The van der Waals surface area contributed by atoms with E-state index >= 15 is 0 Å². The van der Waals surface area contributed by atoms with E-state index < -0.39 is 0 Å². The van der Waals surface area contributed by atoms with Crippen LogP contribution in [0.4, 0.5) is 11.6 Å². The topological polar surface area (TPSA) is 74.2 Å². The minimum atomic E-state index is -0.00338. The van der Waals surface area contributed by atoms with Gasteiger partial charge in [-0.1, -0.05) is 0 Å². The Labute approximate surface area is 148 Å². The van der Waals surface area contributed by atoms with E-state index in [4.69, 9.17) is 0 Å². The molecule has 0 bridgehead atoms. The molecule has 0 unspecified atom stereocenters. The predicted molar refractivity (Wildman–Crippen MR) is 97.9 cm³/mol. The van der Waals surface area contributed by atoms with Gasteiger partial charge in [0.05, 0.1) is 5.56 Å². The molecule has 0 spiro atoms. The molecule has 1 saturated heterocycles. The van der Waals surface area contributed by atoms with Gasteiger partial charge in [0.25, 0.3) is 5.91 Å². The Morgan fingerprint density at radius 2 is 1.96 bits per heavy atom. The summed E-state index contributed by atoms with van der Waals surface area (Å²) in [5, 5.41) is 3.03. The summed E-state index contributed by atoms with van der Waals surface area (Å²) in [4.78, 5) is 29.5. The molecule has 2 aromatic heterocycles. The lowest BCUT2D eigenvalue weighted by atomic mass is 10.2. The normalized spacial score (nSPS) is 15.0. The molecule has 0 saturated carbocycles. The van der Waals surface area contributed by atoms with E-state index in [2.05, 4.69) is 32.1 Å². The molecule has 3 heterocycles. The third-order valence-electron chi connectivity index (χ3n) is 4.35. The van der Waals surface area contributed by atoms with Gasteiger partial charge in [-0.25, -0.2) is 9.97 Å². The standard InChI is InChI=1S/C18H24N6O/c1-3-20-18-21-12-15(13-22-18)17(25)24-8-4-7-23(9-10-24)16-5-6-19-11-14(16)2/h5-6,11-13H,3-4,7-10H2,1-2H3,(H,20,21,22). The Hall–Kier alpha value is -2.70. The molecule has 1 N–H and O–H groups in total. The van der Waals surface area contributed by atoms with Crippen molar-refractivity contribution < 1.29 is 4.79 Å². The predicted octanol–water partition coefficient (Wildman–Crippen LogP) is 1.96. The monoisotopic (exact) mass is 340 g/mol. The van der Waals surface area contributed by atoms with Crippen molar-refractivity contribution in [3.63, 3.8) is 0 Å². The fraction of sp³-hybridized carbons (Fsp3) is 0.444. The van der Waals surface area contributed by atoms with E-state index in [-0.39, 0.29) is 5.91 Å². The van der Waals surface area contributed by atoms with Gasteiger partial charge in [-0.15, -0.1) is 0 Å². The molecule has 132 valence electrons. The smallest absolute Gasteiger partial charge is 0.257 e. The first-order valence-corrected chi connectivity index (χ1v) is 8.69. The first-order valence-electron chi connectivity index (χ1n) is 8.69. The molecule has 1 aliphatic rings. The van der Waals surface area contributed by atoms with Crippen LogP contribution in [0.5, 0.6) is 0 Å². The Balaban J connectivity index is 1.66. The SMILES string of the molecule is CCNc1ncc(C(=O)N2CCCN(c3ccncc3C)CC2)cn1. The largest absolute Gasteiger partial charge is 0.369 e. The minimum Gasteiger partial charge on any atom is -0.369 e. The number of hydrogen-bond acceptors (Lipinski definition) is 6. The molecule has 25 heavy (non-hydrogen) atoms. The van der Waals surface area contributed by atoms with Crippen LogP contribution in [-0.2, 0) is 0 Å². The van der Waals surface area contributed by atoms with Gasteiger partial charge in [0.2, 0.25) is 5.95 Å². The highest BCUT2D eigenvalue weighted by Gasteiger charge is 2.21. The van der Waals surface area contributed by atoms with Gasteiger partial charge in [0.15, 0.2) is 0 Å². The van der Waals surface area contributed by atoms with Gasteiger partial charge in [-0.2, -0.15) is 0 Å². The van der Waals surface area contributed by atoms with E-state index in [0.717, 1.165) is 38.2 Å². The Bertz CT molecular complexity index is 718. The van der Waals surface area contributed by atoms with Crippen LogP contribution in [0.1, 0.15) is 29.3 Å². The summed E-state index contributed by atoms with van der Waals surface area (Å²) >= 11 is 0. The maximum absolute atomic E-state index is 12.7. The number of carbonyl (C=O) groups is 1. The third-order valence-corrected chi connectivity index (χ3v) is 4.35. The number of rotatable bonds is 4. The molecule has 0 atom stereocenters. The van der Waals surface area contributed by atoms with Gasteiger partial charge >= 0.3 is 0 Å². The number of aromatic nitrogens is 3. The summed E-state index contributed by atoms with van der Waals surface area (Å²) < 4.78 is 0. The summed E-state index contributed by atoms with van der Waals surface area (Å²) in [5.74, 6) is 0.547.